The number of allylic oxidation sites excluding steroid dienone is 1. The van der Waals surface area contributed by atoms with E-state index in [0.717, 1.165) is 36.8 Å². The number of hydrogen-bond donors (Lipinski definition) is 0. The molecule has 0 aromatic heterocycles. The van der Waals surface area contributed by atoms with E-state index in [4.69, 9.17) is 0 Å². The van der Waals surface area contributed by atoms with Crippen molar-refractivity contribution in [3.05, 3.63) is 65.7 Å². The van der Waals surface area contributed by atoms with E-state index in [-0.39, 0.29) is 17.1 Å². The van der Waals surface area contributed by atoms with E-state index >= 15 is 0 Å². The summed E-state index contributed by atoms with van der Waals surface area (Å²) in [5.41, 5.74) is 2.17. The van der Waals surface area contributed by atoms with Crippen molar-refractivity contribution in [2.75, 3.05) is 0 Å². The van der Waals surface area contributed by atoms with E-state index < -0.39 is 0 Å². The molecule has 0 saturated heterocycles. The van der Waals surface area contributed by atoms with Gasteiger partial charge in [-0.25, -0.2) is 12.1 Å². The monoisotopic (exact) mass is 294 g/mol. The Morgan fingerprint density at radius 1 is 1.00 bits per heavy atom. The molecule has 0 bridgehead atoms. The zero-order chi connectivity index (χ0) is 12.6. The number of Topliss-reactive ketones (excluding diaryl/α,β-unsaturated/α-hetero) is 1. The van der Waals surface area contributed by atoms with Gasteiger partial charge >= 0.3 is 17.1 Å². The van der Waals surface area contributed by atoms with E-state index in [1.165, 1.54) is 0 Å². The summed E-state index contributed by atoms with van der Waals surface area (Å²) in [7, 11) is 0. The van der Waals surface area contributed by atoms with Gasteiger partial charge in [0, 0.05) is 6.42 Å². The summed E-state index contributed by atoms with van der Waals surface area (Å²) in [6, 6.07) is 18.1. The van der Waals surface area contributed by atoms with Crippen LogP contribution in [0.4, 0.5) is 0 Å². The minimum absolute atomic E-state index is 0. The zero-order valence-corrected chi connectivity index (χ0v) is 12.0. The van der Waals surface area contributed by atoms with Crippen LogP contribution in [0.3, 0.4) is 0 Å². The Kier molecular flexibility index (Phi) is 7.17. The molecule has 1 aliphatic carbocycles. The van der Waals surface area contributed by atoms with Crippen LogP contribution in [0.15, 0.2) is 60.2 Å². The Morgan fingerprint density at radius 2 is 1.63 bits per heavy atom. The second-order valence-electron chi connectivity index (χ2n) is 4.48. The molecule has 0 heterocycles. The molecule has 1 aliphatic rings. The fourth-order valence-electron chi connectivity index (χ4n) is 2.06. The molecule has 2 aromatic rings. The average Bonchev–Trinajstić information content (AvgIpc) is 3.06. The summed E-state index contributed by atoms with van der Waals surface area (Å²) in [5.74, 6) is 0.340. The molecule has 0 amide bonds. The van der Waals surface area contributed by atoms with Crippen LogP contribution >= 0.6 is 0 Å². The molecule has 0 aliphatic heterocycles. The summed E-state index contributed by atoms with van der Waals surface area (Å²) in [6.07, 6.45) is 5.97. The topological polar surface area (TPSA) is 17.1 Å². The minimum Gasteiger partial charge on any atom is -0.306 e. The Morgan fingerprint density at radius 3 is 2.16 bits per heavy atom. The van der Waals surface area contributed by atoms with Crippen LogP contribution in [0.2, 0.25) is 0 Å². The van der Waals surface area contributed by atoms with Crippen LogP contribution in [0, 0.1) is 0 Å². The van der Waals surface area contributed by atoms with E-state index in [1.54, 1.807) is 0 Å². The maximum absolute atomic E-state index is 11.5. The second kappa shape index (κ2) is 8.68. The zero-order valence-electron chi connectivity index (χ0n) is 10.9. The second-order valence-corrected chi connectivity index (χ2v) is 4.48. The van der Waals surface area contributed by atoms with Gasteiger partial charge in [0.05, 0.1) is 0 Å². The van der Waals surface area contributed by atoms with Gasteiger partial charge in [0.15, 0.2) is 0 Å². The van der Waals surface area contributed by atoms with Crippen LogP contribution in [0.1, 0.15) is 31.2 Å². The van der Waals surface area contributed by atoms with Crippen LogP contribution in [-0.4, -0.2) is 5.78 Å². The first-order chi connectivity index (χ1) is 8.86. The quantitative estimate of drug-likeness (QED) is 0.434. The van der Waals surface area contributed by atoms with E-state index in [1.807, 2.05) is 60.7 Å². The maximum Gasteiger partial charge on any atom is 2.00 e. The average molecular weight is 294 g/mol. The van der Waals surface area contributed by atoms with E-state index in [2.05, 4.69) is 0 Å². The van der Waals surface area contributed by atoms with Gasteiger partial charge in [-0.05, 0) is 6.42 Å². The van der Waals surface area contributed by atoms with Crippen LogP contribution in [0.25, 0.3) is 6.08 Å². The number of rotatable bonds is 1. The molecule has 2 aromatic carbocycles. The molecule has 0 radical (unpaired) electrons. The van der Waals surface area contributed by atoms with Gasteiger partial charge in [-0.2, -0.15) is 30.3 Å². The predicted molar refractivity (Wildman–Crippen MR) is 75.5 cm³/mol. The molecule has 1 saturated carbocycles. The molecule has 0 unspecified atom stereocenters. The van der Waals surface area contributed by atoms with Gasteiger partial charge < -0.3 is 4.79 Å². The first kappa shape index (κ1) is 15.7. The SMILES string of the molecule is O=C1CCCC/C1=C/[c-]1cccc1.[Fe+2].c1cc[cH-]c1. The molecule has 0 atom stereocenters. The molecule has 0 N–H and O–H groups in total. The Labute approximate surface area is 125 Å². The predicted octanol–water partition coefficient (Wildman–Crippen LogP) is 4.34. The third-order valence-corrected chi connectivity index (χ3v) is 3.04. The molecule has 3 rings (SSSR count). The molecule has 1 nitrogen and oxygen atoms in total. The first-order valence-electron chi connectivity index (χ1n) is 6.48. The summed E-state index contributed by atoms with van der Waals surface area (Å²) in [6.45, 7) is 0. The van der Waals surface area contributed by atoms with Crippen molar-refractivity contribution in [2.45, 2.75) is 25.7 Å². The van der Waals surface area contributed by atoms with Crippen molar-refractivity contribution in [3.8, 4) is 0 Å². The molecule has 19 heavy (non-hydrogen) atoms. The van der Waals surface area contributed by atoms with Crippen molar-refractivity contribution >= 4 is 11.9 Å². The van der Waals surface area contributed by atoms with Crippen molar-refractivity contribution in [1.29, 1.82) is 0 Å². The first-order valence-corrected chi connectivity index (χ1v) is 6.48. The molecule has 1 fully saturated rings. The van der Waals surface area contributed by atoms with Crippen LogP contribution in [-0.2, 0) is 21.9 Å². The molecular formula is C17H18FeO. The maximum atomic E-state index is 11.5. The summed E-state index contributed by atoms with van der Waals surface area (Å²) in [4.78, 5) is 11.5. The van der Waals surface area contributed by atoms with Crippen molar-refractivity contribution < 1.29 is 21.9 Å². The Balaban J connectivity index is 0.000000256. The number of carbonyl (C=O) groups excluding carboxylic acids is 1. The third-order valence-electron chi connectivity index (χ3n) is 3.04. The van der Waals surface area contributed by atoms with E-state index in [9.17, 15) is 4.79 Å². The number of ketones is 1. The van der Waals surface area contributed by atoms with E-state index in [0.29, 0.717) is 5.78 Å². The van der Waals surface area contributed by atoms with Crippen LogP contribution in [0.5, 0.6) is 0 Å². The van der Waals surface area contributed by atoms with Crippen LogP contribution < -0.4 is 0 Å². The Hall–Kier alpha value is -1.37. The van der Waals surface area contributed by atoms with Gasteiger partial charge in [0.1, 0.15) is 5.78 Å². The molecule has 100 valence electrons. The normalized spacial score (nSPS) is 16.4. The Bertz CT molecular complexity index is 460. The number of hydrogen-bond acceptors (Lipinski definition) is 1. The van der Waals surface area contributed by atoms with Gasteiger partial charge in [-0.3, -0.25) is 0 Å². The molecule has 0 spiro atoms. The van der Waals surface area contributed by atoms with Gasteiger partial charge in [0.2, 0.25) is 0 Å². The van der Waals surface area contributed by atoms with Crippen molar-refractivity contribution in [1.82, 2.24) is 0 Å². The van der Waals surface area contributed by atoms with Crippen molar-refractivity contribution in [3.63, 3.8) is 0 Å². The summed E-state index contributed by atoms with van der Waals surface area (Å²) in [5, 5.41) is 0. The van der Waals surface area contributed by atoms with Gasteiger partial charge in [-0.1, -0.05) is 18.4 Å². The molecular weight excluding hydrogens is 276 g/mol. The van der Waals surface area contributed by atoms with Gasteiger partial charge in [0.25, 0.3) is 0 Å². The smallest absolute Gasteiger partial charge is 0.306 e. The van der Waals surface area contributed by atoms with Crippen molar-refractivity contribution in [2.24, 2.45) is 0 Å². The summed E-state index contributed by atoms with van der Waals surface area (Å²) >= 11 is 0. The largest absolute Gasteiger partial charge is 2.00 e. The minimum atomic E-state index is 0. The fourth-order valence-corrected chi connectivity index (χ4v) is 2.06. The van der Waals surface area contributed by atoms with Gasteiger partial charge in [-0.15, -0.1) is 23.8 Å². The standard InChI is InChI=1S/C12H13O.C5H5.Fe/c13-12-8-4-3-7-11(12)9-10-5-1-2-6-10;1-2-4-5-3-1;/h1-2,5-6,9H,3-4,7-8H2;1-5H;/q2*-1;+2/b11-9-;;. The number of carbonyl (C=O) groups is 1. The molecule has 2 heteroatoms. The summed E-state index contributed by atoms with van der Waals surface area (Å²) < 4.78 is 0. The fraction of sp³-hybridized carbons (Fsp3) is 0.235. The third kappa shape index (κ3) is 5.42.